The number of fused-ring (bicyclic) bond motifs is 1. The molecule has 2 aliphatic heterocycles. The van der Waals surface area contributed by atoms with Crippen molar-refractivity contribution in [2.24, 2.45) is 0 Å². The minimum Gasteiger partial charge on any atom is -0.339 e. The van der Waals surface area contributed by atoms with Crippen molar-refractivity contribution in [3.63, 3.8) is 0 Å². The van der Waals surface area contributed by atoms with E-state index < -0.39 is 52.8 Å². The molecule has 0 radical (unpaired) electrons. The zero-order valence-corrected chi connectivity index (χ0v) is 19.9. The predicted octanol–water partition coefficient (Wildman–Crippen LogP) is 4.33. The van der Waals surface area contributed by atoms with E-state index in [2.05, 4.69) is 0 Å². The molecule has 2 aromatic carbocycles. The molecule has 2 aliphatic rings. The van der Waals surface area contributed by atoms with Gasteiger partial charge in [-0.25, -0.2) is 0 Å². The van der Waals surface area contributed by atoms with Crippen LogP contribution >= 0.6 is 0 Å². The maximum absolute atomic E-state index is 13.8. The smallest absolute Gasteiger partial charge is 0.339 e. The molecule has 1 fully saturated rings. The first kappa shape index (κ1) is 26.5. The molecule has 2 atom stereocenters. The van der Waals surface area contributed by atoms with E-state index >= 15 is 0 Å². The number of benzene rings is 2. The second kappa shape index (κ2) is 9.38. The lowest BCUT2D eigenvalue weighted by atomic mass is 9.78. The number of hydrogen-bond donors (Lipinski definition) is 0. The third-order valence-corrected chi connectivity index (χ3v) is 6.83. The molecule has 0 saturated carbocycles. The van der Waals surface area contributed by atoms with Gasteiger partial charge in [-0.3, -0.25) is 14.4 Å². The van der Waals surface area contributed by atoms with E-state index in [9.17, 15) is 40.7 Å². The Labute approximate surface area is 208 Å². The van der Waals surface area contributed by atoms with Gasteiger partial charge >= 0.3 is 12.4 Å². The Bertz CT molecular complexity index is 1200. The summed E-state index contributed by atoms with van der Waals surface area (Å²) in [5.74, 6) is -2.61. The van der Waals surface area contributed by atoms with Gasteiger partial charge in [-0.2, -0.15) is 26.3 Å². The summed E-state index contributed by atoms with van der Waals surface area (Å²) in [5, 5.41) is 0. The van der Waals surface area contributed by atoms with Gasteiger partial charge in [0.1, 0.15) is 0 Å². The molecule has 4 rings (SSSR count). The summed E-state index contributed by atoms with van der Waals surface area (Å²) < 4.78 is 81.7. The number of likely N-dealkylation sites (N-methyl/N-ethyl adjacent to an activating group) is 1. The average Bonchev–Trinajstić information content (AvgIpc) is 2.84. The van der Waals surface area contributed by atoms with Gasteiger partial charge in [-0.15, -0.1) is 0 Å². The number of rotatable bonds is 2. The summed E-state index contributed by atoms with van der Waals surface area (Å²) in [6, 6.07) is 5.77. The summed E-state index contributed by atoms with van der Waals surface area (Å²) >= 11 is 0. The number of nitrogens with zero attached hydrogens (tertiary/aromatic N) is 3. The SMILES string of the molecule is CC(=O)N1CCN(C(=O)C2c3ccccc3C(=O)N(C)C2c2cc(C(F)(F)F)cc(C(F)(F)F)c2)CC1. The van der Waals surface area contributed by atoms with Crippen LogP contribution in [0, 0.1) is 0 Å². The van der Waals surface area contributed by atoms with Gasteiger partial charge in [0.25, 0.3) is 5.91 Å². The zero-order chi connectivity index (χ0) is 27.3. The van der Waals surface area contributed by atoms with Crippen molar-refractivity contribution >= 4 is 17.7 Å². The van der Waals surface area contributed by atoms with Gasteiger partial charge in [0.15, 0.2) is 0 Å². The fourth-order valence-electron chi connectivity index (χ4n) is 4.95. The first-order valence-corrected chi connectivity index (χ1v) is 11.4. The fourth-order valence-corrected chi connectivity index (χ4v) is 4.95. The van der Waals surface area contributed by atoms with Crippen LogP contribution in [0.5, 0.6) is 0 Å². The van der Waals surface area contributed by atoms with Crippen LogP contribution in [0.4, 0.5) is 26.3 Å². The Morgan fingerprint density at radius 1 is 0.838 bits per heavy atom. The normalized spacial score (nSPS) is 20.6. The molecule has 0 N–H and O–H groups in total. The number of carbonyl (C=O) groups is 3. The van der Waals surface area contributed by atoms with Gasteiger partial charge < -0.3 is 14.7 Å². The third kappa shape index (κ3) is 5.01. The lowest BCUT2D eigenvalue weighted by Crippen LogP contribution is -2.53. The molecule has 2 aromatic rings. The molecule has 0 bridgehead atoms. The number of amides is 3. The molecular weight excluding hydrogens is 504 g/mol. The quantitative estimate of drug-likeness (QED) is 0.547. The van der Waals surface area contributed by atoms with Gasteiger partial charge in [0.2, 0.25) is 11.8 Å². The lowest BCUT2D eigenvalue weighted by Gasteiger charge is -2.43. The van der Waals surface area contributed by atoms with Crippen LogP contribution in [-0.2, 0) is 21.9 Å². The van der Waals surface area contributed by atoms with E-state index in [1.165, 1.54) is 35.9 Å². The Balaban J connectivity index is 1.86. The Morgan fingerprint density at radius 3 is 1.86 bits per heavy atom. The van der Waals surface area contributed by atoms with Gasteiger partial charge in [0.05, 0.1) is 23.1 Å². The van der Waals surface area contributed by atoms with Crippen molar-refractivity contribution in [2.45, 2.75) is 31.2 Å². The second-order valence-corrected chi connectivity index (χ2v) is 9.10. The molecule has 198 valence electrons. The number of hydrogen-bond acceptors (Lipinski definition) is 3. The molecule has 3 amide bonds. The molecule has 37 heavy (non-hydrogen) atoms. The summed E-state index contributed by atoms with van der Waals surface area (Å²) in [5.41, 5.74) is -3.14. The summed E-state index contributed by atoms with van der Waals surface area (Å²) in [7, 11) is 1.25. The zero-order valence-electron chi connectivity index (χ0n) is 19.9. The van der Waals surface area contributed by atoms with Crippen LogP contribution in [-0.4, -0.2) is 65.6 Å². The van der Waals surface area contributed by atoms with Crippen molar-refractivity contribution in [2.75, 3.05) is 33.2 Å². The maximum atomic E-state index is 13.8. The molecule has 1 saturated heterocycles. The summed E-state index contributed by atoms with van der Waals surface area (Å²) in [6.07, 6.45) is -10.2. The van der Waals surface area contributed by atoms with Gasteiger partial charge in [-0.1, -0.05) is 18.2 Å². The Morgan fingerprint density at radius 2 is 1.35 bits per heavy atom. The molecule has 12 heteroatoms. The standard InChI is InChI=1S/C25H23F6N3O3/c1-14(35)33-7-9-34(10-8-33)23(37)20-18-5-3-4-6-19(18)22(36)32(2)21(20)15-11-16(24(26,27)28)13-17(12-15)25(29,30)31/h3-6,11-13,20-21H,7-10H2,1-2H3. The monoisotopic (exact) mass is 527 g/mol. The highest BCUT2D eigenvalue weighted by Crippen LogP contribution is 2.46. The Hall–Kier alpha value is -3.57. The van der Waals surface area contributed by atoms with Crippen molar-refractivity contribution in [3.05, 3.63) is 70.3 Å². The topological polar surface area (TPSA) is 60.9 Å². The van der Waals surface area contributed by atoms with E-state index in [1.807, 2.05) is 0 Å². The predicted molar refractivity (Wildman–Crippen MR) is 119 cm³/mol. The first-order chi connectivity index (χ1) is 17.2. The van der Waals surface area contributed by atoms with E-state index in [1.54, 1.807) is 12.1 Å². The lowest BCUT2D eigenvalue weighted by molar-refractivity contribution is -0.143. The largest absolute Gasteiger partial charge is 0.416 e. The second-order valence-electron chi connectivity index (χ2n) is 9.10. The van der Waals surface area contributed by atoms with Crippen LogP contribution in [0.1, 0.15) is 51.5 Å². The molecule has 0 aromatic heterocycles. The number of alkyl halides is 6. The highest BCUT2D eigenvalue weighted by atomic mass is 19.4. The molecule has 0 aliphatic carbocycles. The van der Waals surface area contributed by atoms with Crippen LogP contribution in [0.25, 0.3) is 0 Å². The van der Waals surface area contributed by atoms with Crippen molar-refractivity contribution < 1.29 is 40.7 Å². The van der Waals surface area contributed by atoms with Crippen molar-refractivity contribution in [1.82, 2.24) is 14.7 Å². The maximum Gasteiger partial charge on any atom is 0.416 e. The minimum atomic E-state index is -5.09. The fraction of sp³-hybridized carbons (Fsp3) is 0.400. The molecule has 6 nitrogen and oxygen atoms in total. The van der Waals surface area contributed by atoms with Crippen LogP contribution in [0.3, 0.4) is 0 Å². The van der Waals surface area contributed by atoms with Gasteiger partial charge in [0, 0.05) is 45.7 Å². The van der Waals surface area contributed by atoms with Crippen molar-refractivity contribution in [3.8, 4) is 0 Å². The molecule has 0 spiro atoms. The third-order valence-electron chi connectivity index (χ3n) is 6.83. The number of halogens is 6. The Kier molecular flexibility index (Phi) is 6.72. The molecule has 2 unspecified atom stereocenters. The summed E-state index contributed by atoms with van der Waals surface area (Å²) in [6.45, 7) is 2.13. The molecule has 2 heterocycles. The van der Waals surface area contributed by atoms with E-state index in [0.717, 1.165) is 4.90 Å². The van der Waals surface area contributed by atoms with Crippen LogP contribution in [0.2, 0.25) is 0 Å². The average molecular weight is 527 g/mol. The number of piperazine rings is 1. The van der Waals surface area contributed by atoms with E-state index in [0.29, 0.717) is 12.1 Å². The van der Waals surface area contributed by atoms with Gasteiger partial charge in [-0.05, 0) is 35.4 Å². The van der Waals surface area contributed by atoms with Crippen LogP contribution < -0.4 is 0 Å². The van der Waals surface area contributed by atoms with Crippen LogP contribution in [0.15, 0.2) is 42.5 Å². The van der Waals surface area contributed by atoms with E-state index in [-0.39, 0.29) is 49.3 Å². The molecular formula is C25H23F6N3O3. The first-order valence-electron chi connectivity index (χ1n) is 11.4. The van der Waals surface area contributed by atoms with E-state index in [4.69, 9.17) is 0 Å². The number of carbonyl (C=O) groups excluding carboxylic acids is 3. The minimum absolute atomic E-state index is 0.0138. The highest BCUT2D eigenvalue weighted by Gasteiger charge is 2.46. The van der Waals surface area contributed by atoms with Crippen molar-refractivity contribution in [1.29, 1.82) is 0 Å². The highest BCUT2D eigenvalue weighted by molar-refractivity contribution is 6.01. The summed E-state index contributed by atoms with van der Waals surface area (Å²) in [4.78, 5) is 42.6.